The van der Waals surface area contributed by atoms with E-state index in [0.29, 0.717) is 0 Å². The van der Waals surface area contributed by atoms with Crippen LogP contribution in [0.1, 0.15) is 0 Å². The summed E-state index contributed by atoms with van der Waals surface area (Å²) in [5.74, 6) is 0. The Morgan fingerprint density at radius 1 is 2.00 bits per heavy atom. The lowest BCUT2D eigenvalue weighted by Crippen LogP contribution is -2.05. The highest BCUT2D eigenvalue weighted by Gasteiger charge is 1.51. The summed E-state index contributed by atoms with van der Waals surface area (Å²) in [4.78, 5) is 0. The van der Waals surface area contributed by atoms with Crippen molar-refractivity contribution in [2.45, 2.75) is 0 Å². The molecule has 0 aliphatic heterocycles. The molecule has 0 saturated heterocycles. The highest BCUT2D eigenvalue weighted by Crippen LogP contribution is 1.23. The van der Waals surface area contributed by atoms with Crippen molar-refractivity contribution < 1.29 is 0 Å². The summed E-state index contributed by atoms with van der Waals surface area (Å²) in [6, 6.07) is 0. The van der Waals surface area contributed by atoms with Gasteiger partial charge in [0.15, 0.2) is 0 Å². The van der Waals surface area contributed by atoms with E-state index in [-0.39, 0.29) is 0 Å². The first-order valence-corrected chi connectivity index (χ1v) is 1.91. The Morgan fingerprint density at radius 3 is 2.25 bits per heavy atom. The molecule has 0 amide bonds. The molecule has 0 rings (SSSR count). The Hall–Kier alpha value is 0.177. The van der Waals surface area contributed by atoms with E-state index < -0.39 is 0 Å². The molecule has 0 aromatic heterocycles. The minimum Gasteiger partial charge on any atom is -0.323 e. The molecular weight excluding hydrogens is 66.1 g/mol. The first kappa shape index (κ1) is 4.18. The molecule has 4 heavy (non-hydrogen) atoms. The molecule has 0 aliphatic carbocycles. The summed E-state index contributed by atoms with van der Waals surface area (Å²) in [7, 11) is 5.06. The molecule has 0 saturated carbocycles. The SMILES string of the molecule is CNC[Si]. The summed E-state index contributed by atoms with van der Waals surface area (Å²) in [5, 5.41) is 2.84. The molecule has 0 aromatic rings. The Balaban J connectivity index is 1.97. The van der Waals surface area contributed by atoms with Gasteiger partial charge in [0, 0.05) is 10.2 Å². The Bertz CT molecular complexity index is 8.00. The van der Waals surface area contributed by atoms with Crippen LogP contribution in [-0.2, 0) is 0 Å². The maximum atomic E-state index is 3.18. The van der Waals surface area contributed by atoms with Gasteiger partial charge in [0.25, 0.3) is 0 Å². The van der Waals surface area contributed by atoms with Crippen LogP contribution in [-0.4, -0.2) is 23.5 Å². The van der Waals surface area contributed by atoms with Crippen molar-refractivity contribution in [3.05, 3.63) is 0 Å². The van der Waals surface area contributed by atoms with Gasteiger partial charge in [0.2, 0.25) is 0 Å². The third-order valence-electron chi connectivity index (χ3n) is 0.177. The molecule has 1 nitrogen and oxygen atoms in total. The highest BCUT2D eigenvalue weighted by molar-refractivity contribution is 6.08. The molecule has 0 atom stereocenters. The first-order chi connectivity index (χ1) is 1.91. The first-order valence-electron chi connectivity index (χ1n) is 1.21. The van der Waals surface area contributed by atoms with Gasteiger partial charge in [0.05, 0.1) is 0 Å². The van der Waals surface area contributed by atoms with E-state index in [2.05, 4.69) is 15.6 Å². The lowest BCUT2D eigenvalue weighted by Gasteiger charge is -1.75. The minimum atomic E-state index is 0.875. The summed E-state index contributed by atoms with van der Waals surface area (Å²) in [6.45, 7) is 0. The molecule has 0 spiro atoms. The molecule has 1 N–H and O–H groups in total. The van der Waals surface area contributed by atoms with Gasteiger partial charge in [-0.15, -0.1) is 0 Å². The fraction of sp³-hybridized carbons (Fsp3) is 1.00. The van der Waals surface area contributed by atoms with Crippen molar-refractivity contribution in [3.8, 4) is 0 Å². The largest absolute Gasteiger partial charge is 0.323 e. The Morgan fingerprint density at radius 2 is 2.25 bits per heavy atom. The van der Waals surface area contributed by atoms with Gasteiger partial charge < -0.3 is 5.32 Å². The van der Waals surface area contributed by atoms with Crippen LogP contribution in [0, 0.1) is 0 Å². The second kappa shape index (κ2) is 3.18. The smallest absolute Gasteiger partial charge is 0.0428 e. The minimum absolute atomic E-state index is 0.875. The molecule has 0 unspecified atom stereocenters. The van der Waals surface area contributed by atoms with Crippen LogP contribution in [0.4, 0.5) is 0 Å². The molecule has 0 aliphatic rings. The third kappa shape index (κ3) is 2.18. The van der Waals surface area contributed by atoms with E-state index in [9.17, 15) is 0 Å². The Labute approximate surface area is 29.8 Å². The molecule has 0 fully saturated rings. The van der Waals surface area contributed by atoms with E-state index in [1.807, 2.05) is 7.05 Å². The maximum absolute atomic E-state index is 3.18. The van der Waals surface area contributed by atoms with E-state index in [4.69, 9.17) is 0 Å². The molecule has 0 heterocycles. The topological polar surface area (TPSA) is 12.0 Å². The molecule has 2 heteroatoms. The lowest BCUT2D eigenvalue weighted by atomic mass is 11.3. The number of hydrogen-bond donors (Lipinski definition) is 1. The molecule has 3 radical (unpaired) electrons. The Kier molecular flexibility index (Phi) is 3.32. The monoisotopic (exact) mass is 72.0 g/mol. The summed E-state index contributed by atoms with van der Waals surface area (Å²) in [6.07, 6.45) is 0.875. The molecule has 0 aromatic carbocycles. The zero-order valence-corrected chi connectivity index (χ0v) is 3.71. The number of hydrogen-bond acceptors (Lipinski definition) is 1. The number of rotatable bonds is 1. The summed E-state index contributed by atoms with van der Waals surface area (Å²) in [5.41, 5.74) is 0. The van der Waals surface area contributed by atoms with Crippen molar-refractivity contribution in [3.63, 3.8) is 0 Å². The van der Waals surface area contributed by atoms with Gasteiger partial charge in [-0.25, -0.2) is 0 Å². The van der Waals surface area contributed by atoms with Crippen LogP contribution < -0.4 is 5.32 Å². The predicted octanol–water partition coefficient (Wildman–Crippen LogP) is -0.668. The zero-order chi connectivity index (χ0) is 3.41. The van der Waals surface area contributed by atoms with Crippen molar-refractivity contribution in [1.82, 2.24) is 5.32 Å². The normalized spacial score (nSPS) is 7.50. The maximum Gasteiger partial charge on any atom is 0.0428 e. The summed E-state index contributed by atoms with van der Waals surface area (Å²) >= 11 is 0. The van der Waals surface area contributed by atoms with E-state index >= 15 is 0 Å². The quantitative estimate of drug-likeness (QED) is 0.405. The van der Waals surface area contributed by atoms with Gasteiger partial charge >= 0.3 is 0 Å². The van der Waals surface area contributed by atoms with Crippen LogP contribution >= 0.6 is 0 Å². The van der Waals surface area contributed by atoms with Crippen molar-refractivity contribution >= 4 is 10.2 Å². The van der Waals surface area contributed by atoms with Gasteiger partial charge in [0.1, 0.15) is 0 Å². The van der Waals surface area contributed by atoms with Crippen LogP contribution in [0.25, 0.3) is 0 Å². The summed E-state index contributed by atoms with van der Waals surface area (Å²) < 4.78 is 0. The van der Waals surface area contributed by atoms with Gasteiger partial charge in [-0.05, 0) is 13.2 Å². The fourth-order valence-corrected chi connectivity index (χ4v) is 0. The van der Waals surface area contributed by atoms with Crippen molar-refractivity contribution in [1.29, 1.82) is 0 Å². The third-order valence-corrected chi connectivity index (χ3v) is 0.530. The van der Waals surface area contributed by atoms with Crippen LogP contribution in [0.2, 0.25) is 0 Å². The van der Waals surface area contributed by atoms with Crippen LogP contribution in [0.5, 0.6) is 0 Å². The molecule has 0 bridgehead atoms. The predicted molar refractivity (Wildman–Crippen MR) is 19.7 cm³/mol. The zero-order valence-electron chi connectivity index (χ0n) is 2.71. The molecule has 23 valence electrons. The van der Waals surface area contributed by atoms with Gasteiger partial charge in [-0.3, -0.25) is 0 Å². The fourth-order valence-electron chi connectivity index (χ4n) is 0. The lowest BCUT2D eigenvalue weighted by molar-refractivity contribution is 0.974. The van der Waals surface area contributed by atoms with Gasteiger partial charge in [-0.1, -0.05) is 0 Å². The van der Waals surface area contributed by atoms with Gasteiger partial charge in [-0.2, -0.15) is 0 Å². The van der Waals surface area contributed by atoms with E-state index in [0.717, 1.165) is 6.17 Å². The number of nitrogens with one attached hydrogen (secondary N) is 1. The second-order valence-electron chi connectivity index (χ2n) is 0.530. The van der Waals surface area contributed by atoms with Crippen LogP contribution in [0.15, 0.2) is 0 Å². The van der Waals surface area contributed by atoms with Crippen molar-refractivity contribution in [2.75, 3.05) is 13.2 Å². The van der Waals surface area contributed by atoms with E-state index in [1.165, 1.54) is 0 Å². The van der Waals surface area contributed by atoms with E-state index in [1.54, 1.807) is 0 Å². The average molecular weight is 72.2 g/mol. The second-order valence-corrected chi connectivity index (χ2v) is 0.884. The van der Waals surface area contributed by atoms with Crippen molar-refractivity contribution in [2.24, 2.45) is 0 Å². The molecular formula is C2H6NSi. The average Bonchev–Trinajstić information content (AvgIpc) is 1.37. The van der Waals surface area contributed by atoms with Crippen LogP contribution in [0.3, 0.4) is 0 Å². The highest BCUT2D eigenvalue weighted by atomic mass is 28.1. The standard InChI is InChI=1S/C2H6NSi/c1-3-2-4/h3H,2H2,1H3.